The van der Waals surface area contributed by atoms with E-state index in [4.69, 9.17) is 5.73 Å². The lowest BCUT2D eigenvalue weighted by Gasteiger charge is -2.32. The molecule has 1 aromatic rings. The third-order valence-electron chi connectivity index (χ3n) is 5.19. The maximum atomic E-state index is 12.8. The van der Waals surface area contributed by atoms with E-state index in [0.29, 0.717) is 25.2 Å². The minimum atomic E-state index is -3.50. The molecule has 0 radical (unpaired) electrons. The van der Waals surface area contributed by atoms with Crippen LogP contribution in [0.3, 0.4) is 0 Å². The summed E-state index contributed by atoms with van der Waals surface area (Å²) in [5, 5.41) is 0. The number of sulfonamides is 1. The molecule has 0 spiro atoms. The van der Waals surface area contributed by atoms with Crippen LogP contribution in [-0.2, 0) is 10.0 Å². The van der Waals surface area contributed by atoms with Gasteiger partial charge in [-0.25, -0.2) is 8.42 Å². The first-order valence-corrected chi connectivity index (χ1v) is 10.5. The average molecular weight is 365 g/mol. The van der Waals surface area contributed by atoms with Crippen molar-refractivity contribution in [2.75, 3.05) is 19.6 Å². The van der Waals surface area contributed by atoms with Crippen molar-refractivity contribution in [1.82, 2.24) is 9.21 Å². The molecule has 0 bridgehead atoms. The maximum Gasteiger partial charge on any atom is 0.253 e. The second-order valence-corrected chi connectivity index (χ2v) is 9.03. The molecule has 0 saturated carbocycles. The van der Waals surface area contributed by atoms with Crippen LogP contribution in [0.15, 0.2) is 29.2 Å². The van der Waals surface area contributed by atoms with Gasteiger partial charge >= 0.3 is 0 Å². The van der Waals surface area contributed by atoms with Gasteiger partial charge in [0.05, 0.1) is 4.90 Å². The molecular weight excluding hydrogens is 338 g/mol. The first-order chi connectivity index (χ1) is 11.9. The van der Waals surface area contributed by atoms with Gasteiger partial charge < -0.3 is 10.6 Å². The second-order valence-electron chi connectivity index (χ2n) is 7.14. The highest BCUT2D eigenvalue weighted by Gasteiger charge is 2.31. The summed E-state index contributed by atoms with van der Waals surface area (Å²) in [7, 11) is -3.50. The van der Waals surface area contributed by atoms with Crippen molar-refractivity contribution in [3.05, 3.63) is 29.8 Å². The Balaban J connectivity index is 1.76. The fourth-order valence-corrected chi connectivity index (χ4v) is 5.41. The van der Waals surface area contributed by atoms with E-state index in [1.807, 2.05) is 6.92 Å². The Hall–Kier alpha value is -1.44. The van der Waals surface area contributed by atoms with Crippen LogP contribution < -0.4 is 5.73 Å². The predicted octanol–water partition coefficient (Wildman–Crippen LogP) is 1.81. The van der Waals surface area contributed by atoms with Crippen molar-refractivity contribution < 1.29 is 13.2 Å². The van der Waals surface area contributed by atoms with Crippen LogP contribution in [0.4, 0.5) is 0 Å². The molecule has 0 aromatic heterocycles. The van der Waals surface area contributed by atoms with Crippen molar-refractivity contribution in [3.63, 3.8) is 0 Å². The number of hydrogen-bond donors (Lipinski definition) is 1. The molecule has 0 aliphatic carbocycles. The van der Waals surface area contributed by atoms with Crippen LogP contribution in [0.2, 0.25) is 0 Å². The topological polar surface area (TPSA) is 83.7 Å². The van der Waals surface area contributed by atoms with E-state index in [0.717, 1.165) is 32.1 Å². The van der Waals surface area contributed by atoms with Gasteiger partial charge in [-0.1, -0.05) is 6.42 Å². The summed E-state index contributed by atoms with van der Waals surface area (Å²) in [4.78, 5) is 14.6. The third-order valence-corrected chi connectivity index (χ3v) is 7.22. The van der Waals surface area contributed by atoms with Crippen LogP contribution in [0.5, 0.6) is 0 Å². The summed E-state index contributed by atoms with van der Waals surface area (Å²) < 4.78 is 27.3. The highest BCUT2D eigenvalue weighted by molar-refractivity contribution is 7.89. The molecule has 2 saturated heterocycles. The van der Waals surface area contributed by atoms with Crippen LogP contribution in [0, 0.1) is 0 Å². The fraction of sp³-hybridized carbons (Fsp3) is 0.611. The monoisotopic (exact) mass is 365 g/mol. The Morgan fingerprint density at radius 1 is 1.08 bits per heavy atom. The summed E-state index contributed by atoms with van der Waals surface area (Å²) in [6.45, 7) is 3.78. The smallest absolute Gasteiger partial charge is 0.253 e. The van der Waals surface area contributed by atoms with Crippen LogP contribution in [-0.4, -0.2) is 55.2 Å². The standard InChI is InChI=1S/C18H27N3O3S/c1-14-5-2-3-12-21(14)25(23,24)17-9-7-15(8-10-17)18(22)20-11-4-6-16(19)13-20/h7-10,14,16H,2-6,11-13,19H2,1H3. The minimum Gasteiger partial charge on any atom is -0.337 e. The second kappa shape index (κ2) is 7.43. The molecule has 2 heterocycles. The van der Waals surface area contributed by atoms with Crippen molar-refractivity contribution in [2.24, 2.45) is 5.73 Å². The van der Waals surface area contributed by atoms with E-state index in [-0.39, 0.29) is 22.9 Å². The van der Waals surface area contributed by atoms with Crippen molar-refractivity contribution in [1.29, 1.82) is 0 Å². The van der Waals surface area contributed by atoms with Crippen molar-refractivity contribution >= 4 is 15.9 Å². The highest BCUT2D eigenvalue weighted by Crippen LogP contribution is 2.25. The quantitative estimate of drug-likeness (QED) is 0.885. The summed E-state index contributed by atoms with van der Waals surface area (Å²) >= 11 is 0. The molecule has 2 fully saturated rings. The van der Waals surface area contributed by atoms with Crippen molar-refractivity contribution in [3.8, 4) is 0 Å². The van der Waals surface area contributed by atoms with E-state index >= 15 is 0 Å². The van der Waals surface area contributed by atoms with Gasteiger partial charge in [0.15, 0.2) is 0 Å². The molecule has 25 heavy (non-hydrogen) atoms. The maximum absolute atomic E-state index is 12.8. The van der Waals surface area contributed by atoms with E-state index in [9.17, 15) is 13.2 Å². The number of nitrogens with two attached hydrogens (primary N) is 1. The third kappa shape index (κ3) is 3.88. The number of nitrogens with zero attached hydrogens (tertiary/aromatic N) is 2. The number of carbonyl (C=O) groups is 1. The number of hydrogen-bond acceptors (Lipinski definition) is 4. The van der Waals surface area contributed by atoms with Gasteiger partial charge in [-0.15, -0.1) is 0 Å². The molecule has 1 aromatic carbocycles. The summed E-state index contributed by atoms with van der Waals surface area (Å²) in [5.74, 6) is -0.0783. The highest BCUT2D eigenvalue weighted by atomic mass is 32.2. The van der Waals surface area contributed by atoms with E-state index < -0.39 is 10.0 Å². The molecule has 7 heteroatoms. The van der Waals surface area contributed by atoms with Gasteiger partial charge in [-0.05, 0) is 56.9 Å². The molecule has 2 N–H and O–H groups in total. The van der Waals surface area contributed by atoms with Gasteiger partial charge in [0, 0.05) is 37.3 Å². The molecular formula is C18H27N3O3S. The summed E-state index contributed by atoms with van der Waals surface area (Å²) in [5.41, 5.74) is 6.45. The van der Waals surface area contributed by atoms with Crippen LogP contribution >= 0.6 is 0 Å². The fourth-order valence-electron chi connectivity index (χ4n) is 3.71. The lowest BCUT2D eigenvalue weighted by Crippen LogP contribution is -2.45. The summed E-state index contributed by atoms with van der Waals surface area (Å²) in [6.07, 6.45) is 4.71. The van der Waals surface area contributed by atoms with Gasteiger partial charge in [-0.2, -0.15) is 4.31 Å². The Kier molecular flexibility index (Phi) is 5.46. The number of piperidine rings is 2. The zero-order valence-electron chi connectivity index (χ0n) is 14.7. The average Bonchev–Trinajstić information content (AvgIpc) is 2.61. The van der Waals surface area contributed by atoms with Gasteiger partial charge in [0.25, 0.3) is 5.91 Å². The number of rotatable bonds is 3. The van der Waals surface area contributed by atoms with Gasteiger partial charge in [-0.3, -0.25) is 4.79 Å². The SMILES string of the molecule is CC1CCCCN1S(=O)(=O)c1ccc(C(=O)N2CCCC(N)C2)cc1. The van der Waals surface area contributed by atoms with Gasteiger partial charge in [0.1, 0.15) is 0 Å². The summed E-state index contributed by atoms with van der Waals surface area (Å²) in [6, 6.07) is 6.38. The Morgan fingerprint density at radius 2 is 1.80 bits per heavy atom. The molecule has 3 rings (SSSR count). The first-order valence-electron chi connectivity index (χ1n) is 9.06. The Bertz CT molecular complexity index is 718. The van der Waals surface area contributed by atoms with E-state index in [1.54, 1.807) is 33.5 Å². The molecule has 2 atom stereocenters. The zero-order valence-corrected chi connectivity index (χ0v) is 15.5. The normalized spacial score (nSPS) is 25.8. The lowest BCUT2D eigenvalue weighted by atomic mass is 10.1. The molecule has 1 amide bonds. The molecule has 6 nitrogen and oxygen atoms in total. The Morgan fingerprint density at radius 3 is 2.44 bits per heavy atom. The number of benzene rings is 1. The number of amides is 1. The Labute approximate surface area is 150 Å². The molecule has 2 aliphatic rings. The molecule has 2 aliphatic heterocycles. The number of carbonyl (C=O) groups excluding carboxylic acids is 1. The van der Waals surface area contributed by atoms with Gasteiger partial charge in [0.2, 0.25) is 10.0 Å². The largest absolute Gasteiger partial charge is 0.337 e. The molecule has 2 unspecified atom stereocenters. The minimum absolute atomic E-state index is 0.0231. The van der Waals surface area contributed by atoms with E-state index in [2.05, 4.69) is 0 Å². The van der Waals surface area contributed by atoms with Crippen molar-refractivity contribution in [2.45, 2.75) is 56.0 Å². The first kappa shape index (κ1) is 18.4. The van der Waals surface area contributed by atoms with Crippen LogP contribution in [0.1, 0.15) is 49.4 Å². The lowest BCUT2D eigenvalue weighted by molar-refractivity contribution is 0.0708. The zero-order chi connectivity index (χ0) is 18.0. The molecule has 138 valence electrons. The van der Waals surface area contributed by atoms with E-state index in [1.165, 1.54) is 0 Å². The van der Waals surface area contributed by atoms with Crippen LogP contribution in [0.25, 0.3) is 0 Å². The predicted molar refractivity (Wildman–Crippen MR) is 96.8 cm³/mol. The number of likely N-dealkylation sites (tertiary alicyclic amines) is 1.